The lowest BCUT2D eigenvalue weighted by Crippen LogP contribution is -2.57. The fourth-order valence-electron chi connectivity index (χ4n) is 7.38. The number of nitrogens with zero attached hydrogens (tertiary/aromatic N) is 5. The molecular weight excluding hydrogens is 905 g/mol. The van der Waals surface area contributed by atoms with Gasteiger partial charge >= 0.3 is 31.0 Å². The molecule has 29 heteroatoms. The predicted molar refractivity (Wildman–Crippen MR) is 236 cm³/mol. The molecule has 1 unspecified atom stereocenters. The average Bonchev–Trinajstić information content (AvgIpc) is 3.75. The molecule has 0 aromatic rings. The standard InChI is InChI=1S/C39H66BN11O17/c1-24(2)36(37(63)45-25(3)38(64)51-8-4-5-27(51)40(67)68)46-32(56)20-44-31(55)19-43-30(54)18-42-29(53)17-41-28(52)7-6-26(39(65)66)50-15-13-48(22-34(59)60)11-9-47(21-33(57)58)10-12-49(14-16-50)23-35(61)62/h24-27,36,67-68H,4-23H2,1-3H3,(H,41,52)(H,42,53)(H,43,54)(H,44,55)(H,45,63)(H,46,56)(H,57,58)(H,59,60)(H,61,62)(H,65,66)/t25-,26?,27+,36+/m1/s1. The van der Waals surface area contributed by atoms with Crippen molar-refractivity contribution in [2.24, 2.45) is 5.92 Å². The molecular formula is C39H66BN11O17. The van der Waals surface area contributed by atoms with Gasteiger partial charge in [0.05, 0.1) is 51.8 Å². The number of nitrogens with one attached hydrogen (secondary N) is 6. The first-order valence-electron chi connectivity index (χ1n) is 22.1. The molecule has 12 N–H and O–H groups in total. The number of carboxylic acids is 4. The van der Waals surface area contributed by atoms with E-state index in [0.29, 0.717) is 12.8 Å². The fraction of sp³-hybridized carbons (Fsp3) is 0.718. The summed E-state index contributed by atoms with van der Waals surface area (Å²) in [6, 6.07) is -3.44. The van der Waals surface area contributed by atoms with Crippen LogP contribution in [0, 0.1) is 5.92 Å². The van der Waals surface area contributed by atoms with Crippen LogP contribution in [0.15, 0.2) is 0 Å². The molecule has 2 saturated heterocycles. The van der Waals surface area contributed by atoms with Gasteiger partial charge in [0.15, 0.2) is 0 Å². The van der Waals surface area contributed by atoms with E-state index in [1.165, 1.54) is 26.5 Å². The van der Waals surface area contributed by atoms with E-state index < -0.39 is 142 Å². The van der Waals surface area contributed by atoms with Crippen LogP contribution in [-0.2, 0) is 52.7 Å². The number of carboxylic acid groups (broad SMARTS) is 4. The molecule has 382 valence electrons. The quantitative estimate of drug-likeness (QED) is 0.0378. The van der Waals surface area contributed by atoms with Crippen LogP contribution in [0.1, 0.15) is 46.5 Å². The largest absolute Gasteiger partial charge is 0.480 e. The van der Waals surface area contributed by atoms with E-state index in [1.807, 2.05) is 0 Å². The van der Waals surface area contributed by atoms with Gasteiger partial charge in [-0.3, -0.25) is 72.3 Å². The Kier molecular flexibility index (Phi) is 25.4. The van der Waals surface area contributed by atoms with Gasteiger partial charge in [-0.15, -0.1) is 0 Å². The molecule has 2 heterocycles. The average molecular weight is 972 g/mol. The monoisotopic (exact) mass is 971 g/mol. The summed E-state index contributed by atoms with van der Waals surface area (Å²) >= 11 is 0. The van der Waals surface area contributed by atoms with Gasteiger partial charge in [0, 0.05) is 65.3 Å². The van der Waals surface area contributed by atoms with Gasteiger partial charge < -0.3 is 67.3 Å². The van der Waals surface area contributed by atoms with Crippen LogP contribution in [0.4, 0.5) is 0 Å². The number of amides is 7. The summed E-state index contributed by atoms with van der Waals surface area (Å²) in [4.78, 5) is 143. The van der Waals surface area contributed by atoms with Gasteiger partial charge in [-0.05, 0) is 32.1 Å². The molecule has 28 nitrogen and oxygen atoms in total. The molecule has 2 fully saturated rings. The Morgan fingerprint density at radius 3 is 1.37 bits per heavy atom. The van der Waals surface area contributed by atoms with E-state index in [9.17, 15) is 83.2 Å². The molecule has 2 aliphatic heterocycles. The lowest BCUT2D eigenvalue weighted by molar-refractivity contribution is -0.145. The topological polar surface area (TPSA) is 398 Å². The first-order valence-corrected chi connectivity index (χ1v) is 22.1. The molecule has 0 spiro atoms. The van der Waals surface area contributed by atoms with Crippen molar-refractivity contribution >= 4 is 72.3 Å². The maximum absolute atomic E-state index is 13.0. The van der Waals surface area contributed by atoms with E-state index in [0.717, 1.165) is 0 Å². The third-order valence-corrected chi connectivity index (χ3v) is 11.0. The Balaban J connectivity index is 1.82. The number of hydrogen-bond donors (Lipinski definition) is 12. The van der Waals surface area contributed by atoms with Crippen LogP contribution in [-0.4, -0.2) is 256 Å². The number of carbonyl (C=O) groups is 11. The summed E-state index contributed by atoms with van der Waals surface area (Å²) in [5.41, 5.74) is 0. The summed E-state index contributed by atoms with van der Waals surface area (Å²) in [6.45, 7) is 2.00. The first-order chi connectivity index (χ1) is 32.0. The highest BCUT2D eigenvalue weighted by molar-refractivity contribution is 6.43. The summed E-state index contributed by atoms with van der Waals surface area (Å²) in [7, 11) is -1.74. The van der Waals surface area contributed by atoms with E-state index in [1.54, 1.807) is 18.7 Å². The number of rotatable bonds is 25. The third kappa shape index (κ3) is 22.2. The minimum absolute atomic E-state index is 0.00164. The van der Waals surface area contributed by atoms with Crippen LogP contribution in [0.3, 0.4) is 0 Å². The first kappa shape index (κ1) is 58.1. The highest BCUT2D eigenvalue weighted by atomic mass is 16.4. The maximum Gasteiger partial charge on any atom is 0.475 e. The van der Waals surface area contributed by atoms with Gasteiger partial charge in [-0.25, -0.2) is 0 Å². The second kappa shape index (κ2) is 29.7. The lowest BCUT2D eigenvalue weighted by atomic mass is 9.78. The van der Waals surface area contributed by atoms with E-state index in [2.05, 4.69) is 31.9 Å². The lowest BCUT2D eigenvalue weighted by Gasteiger charge is -2.35. The summed E-state index contributed by atoms with van der Waals surface area (Å²) < 4.78 is 0. The summed E-state index contributed by atoms with van der Waals surface area (Å²) in [6.07, 6.45) is 0.315. The maximum atomic E-state index is 13.0. The number of carbonyl (C=O) groups excluding carboxylic acids is 7. The van der Waals surface area contributed by atoms with Gasteiger partial charge in [-0.1, -0.05) is 13.8 Å². The Morgan fingerprint density at radius 2 is 0.971 bits per heavy atom. The molecule has 68 heavy (non-hydrogen) atoms. The molecule has 2 rings (SSSR count). The Labute approximate surface area is 392 Å². The Morgan fingerprint density at radius 1 is 0.559 bits per heavy atom. The molecule has 0 aromatic heterocycles. The molecule has 7 amide bonds. The van der Waals surface area contributed by atoms with Crippen molar-refractivity contribution in [3.63, 3.8) is 0 Å². The predicted octanol–water partition coefficient (Wildman–Crippen LogP) is -7.19. The van der Waals surface area contributed by atoms with Crippen LogP contribution >= 0.6 is 0 Å². The van der Waals surface area contributed by atoms with Crippen molar-refractivity contribution in [2.45, 2.75) is 70.5 Å². The molecule has 0 radical (unpaired) electrons. The van der Waals surface area contributed by atoms with E-state index in [4.69, 9.17) is 0 Å². The molecule has 2 aliphatic rings. The van der Waals surface area contributed by atoms with E-state index >= 15 is 0 Å². The number of hydrogen-bond acceptors (Lipinski definition) is 17. The zero-order valence-corrected chi connectivity index (χ0v) is 38.5. The van der Waals surface area contributed by atoms with E-state index in [-0.39, 0.29) is 78.3 Å². The van der Waals surface area contributed by atoms with Crippen molar-refractivity contribution < 1.29 is 83.2 Å². The van der Waals surface area contributed by atoms with Gasteiger partial charge in [-0.2, -0.15) is 0 Å². The fourth-order valence-corrected chi connectivity index (χ4v) is 7.38. The highest BCUT2D eigenvalue weighted by Crippen LogP contribution is 2.19. The van der Waals surface area contributed by atoms with Gasteiger partial charge in [0.1, 0.15) is 18.1 Å². The molecule has 0 aromatic carbocycles. The number of likely N-dealkylation sites (tertiary alicyclic amines) is 1. The zero-order valence-electron chi connectivity index (χ0n) is 38.5. The van der Waals surface area contributed by atoms with Crippen LogP contribution in [0.5, 0.6) is 0 Å². The minimum atomic E-state index is -1.74. The molecule has 0 bridgehead atoms. The summed E-state index contributed by atoms with van der Waals surface area (Å²) in [5.74, 6) is -11.1. The van der Waals surface area contributed by atoms with Crippen molar-refractivity contribution in [3.05, 3.63) is 0 Å². The smallest absolute Gasteiger partial charge is 0.475 e. The van der Waals surface area contributed by atoms with Gasteiger partial charge in [0.2, 0.25) is 41.4 Å². The molecule has 4 atom stereocenters. The molecule has 0 saturated carbocycles. The Bertz CT molecular complexity index is 1760. The van der Waals surface area contributed by atoms with Crippen molar-refractivity contribution in [3.8, 4) is 0 Å². The van der Waals surface area contributed by atoms with Gasteiger partial charge in [0.25, 0.3) is 0 Å². The third-order valence-electron chi connectivity index (χ3n) is 11.0. The Hall–Kier alpha value is -6.01. The van der Waals surface area contributed by atoms with Crippen LogP contribution in [0.25, 0.3) is 0 Å². The van der Waals surface area contributed by atoms with Crippen LogP contribution < -0.4 is 31.9 Å². The number of aliphatic carboxylic acids is 4. The second-order valence-corrected chi connectivity index (χ2v) is 16.7. The zero-order chi connectivity index (χ0) is 51.1. The second-order valence-electron chi connectivity index (χ2n) is 16.7. The van der Waals surface area contributed by atoms with Crippen molar-refractivity contribution in [1.29, 1.82) is 0 Å². The normalized spacial score (nSPS) is 18.1. The van der Waals surface area contributed by atoms with Crippen molar-refractivity contribution in [2.75, 3.05) is 105 Å². The molecule has 0 aliphatic carbocycles. The van der Waals surface area contributed by atoms with Crippen LogP contribution in [0.2, 0.25) is 0 Å². The minimum Gasteiger partial charge on any atom is -0.480 e. The highest BCUT2D eigenvalue weighted by Gasteiger charge is 2.39. The SMILES string of the molecule is CC(C)[C@H](NC(=O)CNC(=O)CNC(=O)CNC(=O)CNC(=O)CCC(C(=O)O)N1CCN(CC(=O)O)CCN(CC(=O)O)CCN(CC(=O)O)CC1)C(=O)N[C@H](C)C(=O)N1CCC[C@H]1B(O)O. The van der Waals surface area contributed by atoms with Crippen molar-refractivity contribution in [1.82, 2.24) is 56.4 Å². The summed E-state index contributed by atoms with van der Waals surface area (Å²) in [5, 5.41) is 71.6.